The van der Waals surface area contributed by atoms with Gasteiger partial charge in [0.2, 0.25) is 11.4 Å². The van der Waals surface area contributed by atoms with Crippen molar-refractivity contribution in [1.29, 1.82) is 0 Å². The standard InChI is InChI=1S/C17H26NO5P/c1-16-12(9-10-19)14(20)18-17(16,15(21)22-16)13(23-24(2)3)11-7-5-4-6-8-11/h5,7,11-13,19H,4,6,8-10H2,1-3H3,(H,18,20)/t11-,12+,13-,16+,17+/m1/s1. The molecule has 0 unspecified atom stereocenters. The molecule has 5 atom stereocenters. The van der Waals surface area contributed by atoms with Gasteiger partial charge in [-0.2, -0.15) is 0 Å². The number of aliphatic hydroxyl groups excluding tert-OH is 1. The molecule has 0 spiro atoms. The highest BCUT2D eigenvalue weighted by molar-refractivity contribution is 7.50. The molecule has 2 saturated heterocycles. The van der Waals surface area contributed by atoms with E-state index in [4.69, 9.17) is 9.26 Å². The van der Waals surface area contributed by atoms with Crippen LogP contribution >= 0.6 is 8.15 Å². The maximum atomic E-state index is 12.6. The van der Waals surface area contributed by atoms with Gasteiger partial charge in [-0.25, -0.2) is 4.79 Å². The van der Waals surface area contributed by atoms with Crippen molar-refractivity contribution in [3.8, 4) is 0 Å². The number of hydrogen-bond donors (Lipinski definition) is 2. The third-order valence-corrected chi connectivity index (χ3v) is 6.21. The van der Waals surface area contributed by atoms with Crippen molar-refractivity contribution >= 4 is 20.0 Å². The number of allylic oxidation sites excluding steroid dienone is 1. The fourth-order valence-electron chi connectivity index (χ4n) is 4.36. The lowest BCUT2D eigenvalue weighted by atomic mass is 9.64. The summed E-state index contributed by atoms with van der Waals surface area (Å²) in [5.74, 6) is -1.12. The largest absolute Gasteiger partial charge is 0.453 e. The molecular formula is C17H26NO5P. The van der Waals surface area contributed by atoms with Crippen LogP contribution in [0.25, 0.3) is 0 Å². The minimum Gasteiger partial charge on any atom is -0.453 e. The van der Waals surface area contributed by atoms with Crippen LogP contribution < -0.4 is 5.32 Å². The molecular weight excluding hydrogens is 329 g/mol. The Morgan fingerprint density at radius 3 is 2.79 bits per heavy atom. The summed E-state index contributed by atoms with van der Waals surface area (Å²) in [6, 6.07) is 0. The van der Waals surface area contributed by atoms with Crippen LogP contribution in [0.3, 0.4) is 0 Å². The van der Waals surface area contributed by atoms with Crippen LogP contribution in [-0.2, 0) is 18.8 Å². The molecule has 1 aliphatic carbocycles. The number of carbonyl (C=O) groups excluding carboxylic acids is 2. The number of carbonyl (C=O) groups is 2. The number of nitrogens with one attached hydrogen (secondary N) is 1. The van der Waals surface area contributed by atoms with Gasteiger partial charge in [0.05, 0.1) is 5.92 Å². The molecule has 2 N–H and O–H groups in total. The average Bonchev–Trinajstić information content (AvgIpc) is 2.71. The summed E-state index contributed by atoms with van der Waals surface area (Å²) in [4.78, 5) is 25.1. The number of amides is 1. The summed E-state index contributed by atoms with van der Waals surface area (Å²) >= 11 is 0. The van der Waals surface area contributed by atoms with E-state index in [0.717, 1.165) is 19.3 Å². The molecule has 2 heterocycles. The first-order valence-corrected chi connectivity index (χ1v) is 10.7. The highest BCUT2D eigenvalue weighted by Crippen LogP contribution is 2.55. The zero-order valence-electron chi connectivity index (χ0n) is 14.4. The Labute approximate surface area is 143 Å². The Bertz CT molecular complexity index is 565. The van der Waals surface area contributed by atoms with E-state index in [2.05, 4.69) is 17.5 Å². The SMILES string of the molecule is CP(C)O[C@H]([C@@H]1C=CCCC1)[C@@]12NC(=O)[C@H](CCO)[C@]1(C)OC2=O. The van der Waals surface area contributed by atoms with Crippen LogP contribution in [-0.4, -0.2) is 54.2 Å². The predicted octanol–water partition coefficient (Wildman–Crippen LogP) is 1.57. The van der Waals surface area contributed by atoms with Gasteiger partial charge in [-0.3, -0.25) is 4.79 Å². The number of esters is 1. The van der Waals surface area contributed by atoms with Gasteiger partial charge >= 0.3 is 5.97 Å². The van der Waals surface area contributed by atoms with Gasteiger partial charge in [0.1, 0.15) is 6.10 Å². The van der Waals surface area contributed by atoms with E-state index in [1.165, 1.54) is 0 Å². The molecule has 2 fully saturated rings. The Kier molecular flexibility index (Phi) is 4.75. The Morgan fingerprint density at radius 1 is 1.50 bits per heavy atom. The molecule has 0 bridgehead atoms. The molecule has 3 aliphatic rings. The van der Waals surface area contributed by atoms with Gasteiger partial charge in [0.25, 0.3) is 0 Å². The lowest BCUT2D eigenvalue weighted by Crippen LogP contribution is -2.80. The summed E-state index contributed by atoms with van der Waals surface area (Å²) in [7, 11) is -0.718. The van der Waals surface area contributed by atoms with Crippen molar-refractivity contribution in [3.05, 3.63) is 12.2 Å². The second-order valence-electron chi connectivity index (χ2n) is 7.22. The summed E-state index contributed by atoms with van der Waals surface area (Å²) < 4.78 is 11.8. The van der Waals surface area contributed by atoms with E-state index >= 15 is 0 Å². The van der Waals surface area contributed by atoms with Crippen LogP contribution in [0, 0.1) is 11.8 Å². The first-order valence-electron chi connectivity index (χ1n) is 8.54. The lowest BCUT2D eigenvalue weighted by molar-refractivity contribution is -0.235. The van der Waals surface area contributed by atoms with Crippen molar-refractivity contribution in [3.63, 3.8) is 0 Å². The van der Waals surface area contributed by atoms with E-state index in [1.54, 1.807) is 6.92 Å². The lowest BCUT2D eigenvalue weighted by Gasteiger charge is -2.55. The Balaban J connectivity index is 2.01. The molecule has 1 amide bonds. The molecule has 0 aromatic rings. The summed E-state index contributed by atoms with van der Waals surface area (Å²) in [6.07, 6.45) is 7.08. The topological polar surface area (TPSA) is 84.9 Å². The van der Waals surface area contributed by atoms with Crippen molar-refractivity contribution in [2.75, 3.05) is 19.9 Å². The zero-order chi connectivity index (χ0) is 17.5. The van der Waals surface area contributed by atoms with Crippen LogP contribution in [0.2, 0.25) is 0 Å². The van der Waals surface area contributed by atoms with Crippen molar-refractivity contribution < 1.29 is 24.0 Å². The average molecular weight is 355 g/mol. The van der Waals surface area contributed by atoms with Crippen LogP contribution in [0.5, 0.6) is 0 Å². The van der Waals surface area contributed by atoms with E-state index in [-0.39, 0.29) is 24.9 Å². The second-order valence-corrected chi connectivity index (χ2v) is 9.06. The van der Waals surface area contributed by atoms with Gasteiger partial charge in [-0.1, -0.05) is 12.2 Å². The number of hydrogen-bond acceptors (Lipinski definition) is 5. The van der Waals surface area contributed by atoms with E-state index in [1.807, 2.05) is 13.3 Å². The summed E-state index contributed by atoms with van der Waals surface area (Å²) in [5, 5.41) is 12.2. The fraction of sp³-hybridized carbons (Fsp3) is 0.765. The molecule has 7 heteroatoms. The molecule has 0 aromatic carbocycles. The highest BCUT2D eigenvalue weighted by Gasteiger charge is 2.80. The maximum absolute atomic E-state index is 12.6. The van der Waals surface area contributed by atoms with Crippen molar-refractivity contribution in [2.45, 2.75) is 49.9 Å². The normalized spacial score (nSPS) is 39.2. The monoisotopic (exact) mass is 355 g/mol. The van der Waals surface area contributed by atoms with Gasteiger partial charge in [-0.05, 0) is 45.9 Å². The van der Waals surface area contributed by atoms with Gasteiger partial charge < -0.3 is 19.7 Å². The summed E-state index contributed by atoms with van der Waals surface area (Å²) in [6.45, 7) is 5.66. The van der Waals surface area contributed by atoms with Gasteiger partial charge in [0, 0.05) is 20.7 Å². The number of aliphatic hydroxyl groups is 1. The minimum absolute atomic E-state index is 0.0731. The Hall–Kier alpha value is -0.970. The molecule has 0 radical (unpaired) electrons. The summed E-state index contributed by atoms with van der Waals surface area (Å²) in [5.41, 5.74) is -2.12. The number of fused-ring (bicyclic) bond motifs is 1. The Morgan fingerprint density at radius 2 is 2.25 bits per heavy atom. The smallest absolute Gasteiger partial charge is 0.339 e. The molecule has 6 nitrogen and oxygen atoms in total. The van der Waals surface area contributed by atoms with Crippen LogP contribution in [0.1, 0.15) is 32.6 Å². The quantitative estimate of drug-likeness (QED) is 0.429. The van der Waals surface area contributed by atoms with Crippen molar-refractivity contribution in [1.82, 2.24) is 5.32 Å². The van der Waals surface area contributed by atoms with Gasteiger partial charge in [-0.15, -0.1) is 0 Å². The van der Waals surface area contributed by atoms with Crippen molar-refractivity contribution in [2.24, 2.45) is 11.8 Å². The van der Waals surface area contributed by atoms with E-state index in [0.29, 0.717) is 0 Å². The first kappa shape index (κ1) is 17.8. The van der Waals surface area contributed by atoms with Crippen LogP contribution in [0.4, 0.5) is 0 Å². The first-order chi connectivity index (χ1) is 11.4. The molecule has 3 rings (SSSR count). The second kappa shape index (κ2) is 6.40. The highest BCUT2D eigenvalue weighted by atomic mass is 31.1. The third-order valence-electron chi connectivity index (χ3n) is 5.56. The number of ether oxygens (including phenoxy) is 1. The molecule has 2 aliphatic heterocycles. The molecule has 0 aromatic heterocycles. The molecule has 24 heavy (non-hydrogen) atoms. The van der Waals surface area contributed by atoms with E-state index in [9.17, 15) is 14.7 Å². The van der Waals surface area contributed by atoms with Gasteiger partial charge in [0.15, 0.2) is 5.60 Å². The minimum atomic E-state index is -1.15. The third kappa shape index (κ3) is 2.42. The zero-order valence-corrected chi connectivity index (χ0v) is 15.3. The molecule has 0 saturated carbocycles. The molecule has 134 valence electrons. The number of rotatable bonds is 6. The van der Waals surface area contributed by atoms with E-state index < -0.39 is 37.3 Å². The predicted molar refractivity (Wildman–Crippen MR) is 90.7 cm³/mol. The maximum Gasteiger partial charge on any atom is 0.339 e. The van der Waals surface area contributed by atoms with Crippen LogP contribution in [0.15, 0.2) is 12.2 Å². The fourth-order valence-corrected chi connectivity index (χ4v) is 5.13.